The van der Waals surface area contributed by atoms with E-state index < -0.39 is 6.04 Å². The van der Waals surface area contributed by atoms with E-state index in [2.05, 4.69) is 22.5 Å². The standard InChI is InChI=1S/C19H23N3O2/c1-14(22-18(23)13-16-10-5-11-17(16)21-22)19(24)20-12-6-9-15-7-3-2-4-8-15/h2-4,7-8,13-14H,5-6,9-12H2,1H3,(H,20,24). The predicted molar refractivity (Wildman–Crippen MR) is 93.0 cm³/mol. The van der Waals surface area contributed by atoms with Crippen LogP contribution in [0.4, 0.5) is 0 Å². The molecule has 1 N–H and O–H groups in total. The van der Waals surface area contributed by atoms with Gasteiger partial charge >= 0.3 is 0 Å². The minimum Gasteiger partial charge on any atom is -0.354 e. The Labute approximate surface area is 141 Å². The van der Waals surface area contributed by atoms with E-state index in [1.165, 1.54) is 10.2 Å². The molecule has 1 aliphatic carbocycles. The summed E-state index contributed by atoms with van der Waals surface area (Å²) in [6.07, 6.45) is 4.63. The summed E-state index contributed by atoms with van der Waals surface area (Å²) in [5.74, 6) is -0.157. The third kappa shape index (κ3) is 3.72. The van der Waals surface area contributed by atoms with Crippen LogP contribution in [0.3, 0.4) is 0 Å². The molecule has 2 aromatic rings. The van der Waals surface area contributed by atoms with Crippen LogP contribution in [0.15, 0.2) is 41.2 Å². The number of fused-ring (bicyclic) bond motifs is 1. The summed E-state index contributed by atoms with van der Waals surface area (Å²) in [5, 5.41) is 7.30. The van der Waals surface area contributed by atoms with E-state index in [-0.39, 0.29) is 11.5 Å². The molecule has 1 aromatic heterocycles. The van der Waals surface area contributed by atoms with Gasteiger partial charge < -0.3 is 5.32 Å². The quantitative estimate of drug-likeness (QED) is 0.827. The zero-order valence-electron chi connectivity index (χ0n) is 14.0. The number of aromatic nitrogens is 2. The molecule has 1 unspecified atom stereocenters. The highest BCUT2D eigenvalue weighted by Gasteiger charge is 2.20. The SMILES string of the molecule is CC(C(=O)NCCCc1ccccc1)n1nc2c(cc1=O)CCC2. The largest absolute Gasteiger partial charge is 0.354 e. The minimum atomic E-state index is -0.583. The maximum absolute atomic E-state index is 12.3. The number of rotatable bonds is 6. The number of aryl methyl sites for hydroxylation is 3. The van der Waals surface area contributed by atoms with E-state index in [1.54, 1.807) is 13.0 Å². The molecule has 3 rings (SSSR count). The zero-order valence-corrected chi connectivity index (χ0v) is 14.0. The second kappa shape index (κ2) is 7.43. The van der Waals surface area contributed by atoms with E-state index in [0.29, 0.717) is 6.54 Å². The Bertz CT molecular complexity index is 768. The molecule has 0 radical (unpaired) electrons. The van der Waals surface area contributed by atoms with Crippen molar-refractivity contribution >= 4 is 5.91 Å². The van der Waals surface area contributed by atoms with Crippen molar-refractivity contribution < 1.29 is 4.79 Å². The van der Waals surface area contributed by atoms with Gasteiger partial charge in [-0.3, -0.25) is 9.59 Å². The summed E-state index contributed by atoms with van der Waals surface area (Å²) < 4.78 is 1.32. The molecule has 0 saturated carbocycles. The van der Waals surface area contributed by atoms with Gasteiger partial charge in [-0.2, -0.15) is 5.10 Å². The Morgan fingerprint density at radius 2 is 2.08 bits per heavy atom. The average molecular weight is 325 g/mol. The molecule has 5 heteroatoms. The first-order chi connectivity index (χ1) is 11.6. The first-order valence-electron chi connectivity index (χ1n) is 8.58. The summed E-state index contributed by atoms with van der Waals surface area (Å²) in [5.41, 5.74) is 3.06. The molecule has 0 fully saturated rings. The summed E-state index contributed by atoms with van der Waals surface area (Å²) >= 11 is 0. The lowest BCUT2D eigenvalue weighted by molar-refractivity contribution is -0.124. The molecule has 1 aromatic carbocycles. The highest BCUT2D eigenvalue weighted by molar-refractivity contribution is 5.79. The Kier molecular flexibility index (Phi) is 5.08. The Morgan fingerprint density at radius 1 is 1.29 bits per heavy atom. The molecule has 1 heterocycles. The molecule has 0 saturated heterocycles. The van der Waals surface area contributed by atoms with Crippen molar-refractivity contribution in [1.82, 2.24) is 15.1 Å². The van der Waals surface area contributed by atoms with Crippen molar-refractivity contribution in [2.45, 2.75) is 45.1 Å². The number of nitrogens with one attached hydrogen (secondary N) is 1. The van der Waals surface area contributed by atoms with Crippen molar-refractivity contribution in [1.29, 1.82) is 0 Å². The van der Waals surface area contributed by atoms with Gasteiger partial charge in [-0.15, -0.1) is 0 Å². The van der Waals surface area contributed by atoms with Crippen LogP contribution in [-0.2, 0) is 24.1 Å². The first kappa shape index (κ1) is 16.4. The highest BCUT2D eigenvalue weighted by Crippen LogP contribution is 2.17. The van der Waals surface area contributed by atoms with Gasteiger partial charge in [-0.05, 0) is 50.2 Å². The molecule has 1 amide bonds. The molecular formula is C19H23N3O2. The van der Waals surface area contributed by atoms with Gasteiger partial charge in [-0.25, -0.2) is 4.68 Å². The van der Waals surface area contributed by atoms with Gasteiger partial charge in [0.1, 0.15) is 6.04 Å². The third-order valence-electron chi connectivity index (χ3n) is 4.51. The zero-order chi connectivity index (χ0) is 16.9. The summed E-state index contributed by atoms with van der Waals surface area (Å²) in [6, 6.07) is 11.2. The number of hydrogen-bond donors (Lipinski definition) is 1. The smallest absolute Gasteiger partial charge is 0.267 e. The topological polar surface area (TPSA) is 64.0 Å². The van der Waals surface area contributed by atoms with Crippen molar-refractivity contribution in [3.63, 3.8) is 0 Å². The monoisotopic (exact) mass is 325 g/mol. The number of benzene rings is 1. The van der Waals surface area contributed by atoms with E-state index in [0.717, 1.165) is 43.4 Å². The molecule has 0 aliphatic heterocycles. The molecule has 1 atom stereocenters. The predicted octanol–water partition coefficient (Wildman–Crippen LogP) is 2.04. The Hall–Kier alpha value is -2.43. The summed E-state index contributed by atoms with van der Waals surface area (Å²) in [6.45, 7) is 2.32. The molecule has 0 bridgehead atoms. The second-order valence-corrected chi connectivity index (χ2v) is 6.31. The van der Waals surface area contributed by atoms with Crippen LogP contribution in [0.1, 0.15) is 42.6 Å². The van der Waals surface area contributed by atoms with Gasteiger partial charge in [0.25, 0.3) is 5.56 Å². The number of carbonyl (C=O) groups is 1. The van der Waals surface area contributed by atoms with E-state index in [4.69, 9.17) is 0 Å². The van der Waals surface area contributed by atoms with Gasteiger partial charge in [-0.1, -0.05) is 30.3 Å². The number of amides is 1. The van der Waals surface area contributed by atoms with Crippen molar-refractivity contribution in [3.05, 3.63) is 63.6 Å². The number of hydrogen-bond acceptors (Lipinski definition) is 3. The van der Waals surface area contributed by atoms with Crippen LogP contribution in [0.2, 0.25) is 0 Å². The first-order valence-corrected chi connectivity index (χ1v) is 8.58. The van der Waals surface area contributed by atoms with Crippen LogP contribution in [0.25, 0.3) is 0 Å². The van der Waals surface area contributed by atoms with Gasteiger partial charge in [0.05, 0.1) is 5.69 Å². The fourth-order valence-electron chi connectivity index (χ4n) is 3.10. The fourth-order valence-corrected chi connectivity index (χ4v) is 3.10. The van der Waals surface area contributed by atoms with Crippen LogP contribution in [-0.4, -0.2) is 22.2 Å². The molecule has 0 spiro atoms. The Morgan fingerprint density at radius 3 is 2.88 bits per heavy atom. The van der Waals surface area contributed by atoms with Crippen LogP contribution in [0, 0.1) is 0 Å². The third-order valence-corrected chi connectivity index (χ3v) is 4.51. The fraction of sp³-hybridized carbons (Fsp3) is 0.421. The van der Waals surface area contributed by atoms with Crippen molar-refractivity contribution in [2.24, 2.45) is 0 Å². The van der Waals surface area contributed by atoms with Gasteiger partial charge in [0, 0.05) is 12.6 Å². The lowest BCUT2D eigenvalue weighted by Crippen LogP contribution is -2.37. The van der Waals surface area contributed by atoms with Crippen LogP contribution in [0.5, 0.6) is 0 Å². The minimum absolute atomic E-state index is 0.157. The lowest BCUT2D eigenvalue weighted by Gasteiger charge is -2.15. The highest BCUT2D eigenvalue weighted by atomic mass is 16.2. The number of nitrogens with zero attached hydrogens (tertiary/aromatic N) is 2. The maximum atomic E-state index is 12.3. The van der Waals surface area contributed by atoms with E-state index >= 15 is 0 Å². The molecule has 24 heavy (non-hydrogen) atoms. The van der Waals surface area contributed by atoms with Crippen LogP contribution < -0.4 is 10.9 Å². The summed E-state index contributed by atoms with van der Waals surface area (Å²) in [4.78, 5) is 24.5. The molecule has 5 nitrogen and oxygen atoms in total. The van der Waals surface area contributed by atoms with E-state index in [9.17, 15) is 9.59 Å². The average Bonchev–Trinajstić information content (AvgIpc) is 3.05. The molecule has 126 valence electrons. The van der Waals surface area contributed by atoms with Crippen LogP contribution >= 0.6 is 0 Å². The summed E-state index contributed by atoms with van der Waals surface area (Å²) in [7, 11) is 0. The lowest BCUT2D eigenvalue weighted by atomic mass is 10.1. The molecular weight excluding hydrogens is 302 g/mol. The van der Waals surface area contributed by atoms with Crippen molar-refractivity contribution in [3.8, 4) is 0 Å². The normalized spacial score (nSPS) is 14.2. The van der Waals surface area contributed by atoms with E-state index in [1.807, 2.05) is 18.2 Å². The maximum Gasteiger partial charge on any atom is 0.267 e. The van der Waals surface area contributed by atoms with Crippen molar-refractivity contribution in [2.75, 3.05) is 6.54 Å². The van der Waals surface area contributed by atoms with Gasteiger partial charge in [0.15, 0.2) is 0 Å². The second-order valence-electron chi connectivity index (χ2n) is 6.31. The number of carbonyl (C=O) groups excluding carboxylic acids is 1. The van der Waals surface area contributed by atoms with Gasteiger partial charge in [0.2, 0.25) is 5.91 Å². The Balaban J connectivity index is 1.54. The molecule has 1 aliphatic rings.